The highest BCUT2D eigenvalue weighted by atomic mass is 35.5. The van der Waals surface area contributed by atoms with Crippen molar-refractivity contribution in [1.29, 1.82) is 0 Å². The molecule has 1 heterocycles. The van der Waals surface area contributed by atoms with Crippen LogP contribution in [0.3, 0.4) is 0 Å². The van der Waals surface area contributed by atoms with Crippen molar-refractivity contribution in [1.82, 2.24) is 10.3 Å². The fraction of sp³-hybridized carbons (Fsp3) is 0.357. The minimum atomic E-state index is 0.202. The van der Waals surface area contributed by atoms with Crippen molar-refractivity contribution in [2.75, 3.05) is 0 Å². The number of rotatable bonds is 4. The predicted octanol–water partition coefficient (Wildman–Crippen LogP) is 3.95. The summed E-state index contributed by atoms with van der Waals surface area (Å²) in [4.78, 5) is 4.61. The summed E-state index contributed by atoms with van der Waals surface area (Å²) in [5.41, 5.74) is 2.33. The van der Waals surface area contributed by atoms with Gasteiger partial charge in [0.1, 0.15) is 5.01 Å². The fourth-order valence-corrected chi connectivity index (χ4v) is 2.96. The molecule has 1 aliphatic rings. The second kappa shape index (κ2) is 5.00. The first-order chi connectivity index (χ1) is 8.72. The summed E-state index contributed by atoms with van der Waals surface area (Å²) in [6.45, 7) is 2.04. The van der Waals surface area contributed by atoms with E-state index in [-0.39, 0.29) is 6.04 Å². The van der Waals surface area contributed by atoms with Gasteiger partial charge in [0, 0.05) is 22.1 Å². The minimum absolute atomic E-state index is 0.202. The van der Waals surface area contributed by atoms with E-state index >= 15 is 0 Å². The van der Waals surface area contributed by atoms with Crippen LogP contribution in [0.5, 0.6) is 0 Å². The molecule has 0 aliphatic heterocycles. The van der Waals surface area contributed by atoms with Crippen LogP contribution in [0.25, 0.3) is 0 Å². The lowest BCUT2D eigenvalue weighted by molar-refractivity contribution is 0.597. The van der Waals surface area contributed by atoms with Crippen LogP contribution in [0.15, 0.2) is 29.6 Å². The molecule has 4 heteroatoms. The Kier molecular flexibility index (Phi) is 3.37. The third-order valence-electron chi connectivity index (χ3n) is 3.07. The molecule has 1 aromatic carbocycles. The van der Waals surface area contributed by atoms with E-state index < -0.39 is 0 Å². The van der Waals surface area contributed by atoms with Crippen LogP contribution in [0.4, 0.5) is 0 Å². The molecule has 0 amide bonds. The molecule has 1 atom stereocenters. The topological polar surface area (TPSA) is 24.9 Å². The Balaban J connectivity index is 1.91. The van der Waals surface area contributed by atoms with Crippen molar-refractivity contribution < 1.29 is 0 Å². The number of benzene rings is 1. The normalized spacial score (nSPS) is 16.8. The smallest absolute Gasteiger partial charge is 0.114 e. The van der Waals surface area contributed by atoms with Crippen molar-refractivity contribution in [2.24, 2.45) is 0 Å². The lowest BCUT2D eigenvalue weighted by Gasteiger charge is -2.16. The summed E-state index contributed by atoms with van der Waals surface area (Å²) in [7, 11) is 0. The molecule has 2 aromatic rings. The largest absolute Gasteiger partial charge is 0.301 e. The molecule has 1 fully saturated rings. The van der Waals surface area contributed by atoms with Crippen LogP contribution in [-0.4, -0.2) is 11.0 Å². The Hall–Kier alpha value is -0.900. The van der Waals surface area contributed by atoms with Crippen molar-refractivity contribution in [3.05, 3.63) is 50.9 Å². The first-order valence-electron chi connectivity index (χ1n) is 6.16. The Morgan fingerprint density at radius 2 is 2.06 bits per heavy atom. The zero-order valence-electron chi connectivity index (χ0n) is 10.2. The van der Waals surface area contributed by atoms with Crippen LogP contribution in [-0.2, 0) is 0 Å². The molecule has 2 nitrogen and oxygen atoms in total. The molecule has 1 aromatic heterocycles. The molecule has 94 valence electrons. The van der Waals surface area contributed by atoms with Gasteiger partial charge in [0.05, 0.1) is 6.04 Å². The summed E-state index contributed by atoms with van der Waals surface area (Å²) in [6.07, 6.45) is 2.54. The fourth-order valence-electron chi connectivity index (χ4n) is 1.96. The van der Waals surface area contributed by atoms with Crippen LogP contribution in [0.2, 0.25) is 5.02 Å². The zero-order chi connectivity index (χ0) is 12.5. The van der Waals surface area contributed by atoms with Gasteiger partial charge in [0.2, 0.25) is 0 Å². The van der Waals surface area contributed by atoms with E-state index in [9.17, 15) is 0 Å². The van der Waals surface area contributed by atoms with E-state index in [2.05, 4.69) is 27.8 Å². The lowest BCUT2D eigenvalue weighted by Crippen LogP contribution is -2.24. The third kappa shape index (κ3) is 2.74. The van der Waals surface area contributed by atoms with Gasteiger partial charge in [-0.2, -0.15) is 0 Å². The third-order valence-corrected chi connectivity index (χ3v) is 4.35. The standard InChI is InChI=1S/C14H15ClN2S/c1-9-8-18-14(16-9)13(17-12-6-7-12)10-2-4-11(15)5-3-10/h2-5,8,12-13,17H,6-7H2,1H3. The first kappa shape index (κ1) is 12.2. The van der Waals surface area contributed by atoms with Gasteiger partial charge in [-0.25, -0.2) is 4.98 Å². The van der Waals surface area contributed by atoms with Gasteiger partial charge in [-0.15, -0.1) is 11.3 Å². The molecule has 0 spiro atoms. The molecule has 0 bridgehead atoms. The quantitative estimate of drug-likeness (QED) is 0.916. The van der Waals surface area contributed by atoms with Gasteiger partial charge in [-0.1, -0.05) is 23.7 Å². The second-order valence-corrected chi connectivity index (χ2v) is 6.08. The highest BCUT2D eigenvalue weighted by Crippen LogP contribution is 2.30. The Labute approximate surface area is 116 Å². The van der Waals surface area contributed by atoms with E-state index in [1.807, 2.05) is 19.1 Å². The molecule has 0 radical (unpaired) electrons. The molecule has 3 rings (SSSR count). The average molecular weight is 279 g/mol. The Morgan fingerprint density at radius 1 is 1.33 bits per heavy atom. The maximum absolute atomic E-state index is 5.95. The van der Waals surface area contributed by atoms with Gasteiger partial charge in [-0.3, -0.25) is 0 Å². The van der Waals surface area contributed by atoms with Crippen molar-refractivity contribution in [3.63, 3.8) is 0 Å². The molecule has 18 heavy (non-hydrogen) atoms. The van der Waals surface area contributed by atoms with Gasteiger partial charge < -0.3 is 5.32 Å². The molecular weight excluding hydrogens is 264 g/mol. The average Bonchev–Trinajstić information content (AvgIpc) is 3.09. The molecule has 1 saturated carbocycles. The van der Waals surface area contributed by atoms with Crippen LogP contribution >= 0.6 is 22.9 Å². The van der Waals surface area contributed by atoms with Crippen LogP contribution in [0.1, 0.15) is 35.1 Å². The highest BCUT2D eigenvalue weighted by molar-refractivity contribution is 7.09. The molecule has 0 saturated heterocycles. The minimum Gasteiger partial charge on any atom is -0.301 e. The summed E-state index contributed by atoms with van der Waals surface area (Å²) in [5.74, 6) is 0. The van der Waals surface area contributed by atoms with E-state index in [0.29, 0.717) is 6.04 Å². The van der Waals surface area contributed by atoms with Crippen molar-refractivity contribution >= 4 is 22.9 Å². The Bertz CT molecular complexity index is 531. The first-order valence-corrected chi connectivity index (χ1v) is 7.41. The second-order valence-electron chi connectivity index (χ2n) is 4.75. The van der Waals surface area contributed by atoms with E-state index in [1.165, 1.54) is 18.4 Å². The molecule has 1 N–H and O–H groups in total. The number of nitrogens with one attached hydrogen (secondary N) is 1. The van der Waals surface area contributed by atoms with Gasteiger partial charge in [-0.05, 0) is 37.5 Å². The Morgan fingerprint density at radius 3 is 2.61 bits per heavy atom. The molecule has 1 aliphatic carbocycles. The monoisotopic (exact) mass is 278 g/mol. The number of aromatic nitrogens is 1. The SMILES string of the molecule is Cc1csc(C(NC2CC2)c2ccc(Cl)cc2)n1. The van der Waals surface area contributed by atoms with E-state index in [0.717, 1.165) is 15.7 Å². The summed E-state index contributed by atoms with van der Waals surface area (Å²) in [6, 6.07) is 8.90. The number of nitrogens with zero attached hydrogens (tertiary/aromatic N) is 1. The van der Waals surface area contributed by atoms with Gasteiger partial charge >= 0.3 is 0 Å². The van der Waals surface area contributed by atoms with Crippen LogP contribution < -0.4 is 5.32 Å². The van der Waals surface area contributed by atoms with Crippen LogP contribution in [0, 0.1) is 6.92 Å². The van der Waals surface area contributed by atoms with E-state index in [1.54, 1.807) is 11.3 Å². The van der Waals surface area contributed by atoms with Crippen molar-refractivity contribution in [3.8, 4) is 0 Å². The molecular formula is C14H15ClN2S. The summed E-state index contributed by atoms with van der Waals surface area (Å²) in [5, 5.41) is 7.68. The zero-order valence-corrected chi connectivity index (χ0v) is 11.8. The lowest BCUT2D eigenvalue weighted by atomic mass is 10.1. The maximum atomic E-state index is 5.95. The van der Waals surface area contributed by atoms with Gasteiger partial charge in [0.25, 0.3) is 0 Å². The number of thiazole rings is 1. The van der Waals surface area contributed by atoms with Gasteiger partial charge in [0.15, 0.2) is 0 Å². The predicted molar refractivity (Wildman–Crippen MR) is 76.3 cm³/mol. The van der Waals surface area contributed by atoms with E-state index in [4.69, 9.17) is 11.6 Å². The molecule has 1 unspecified atom stereocenters. The maximum Gasteiger partial charge on any atom is 0.114 e. The van der Waals surface area contributed by atoms with Crippen molar-refractivity contribution in [2.45, 2.75) is 31.8 Å². The number of halogens is 1. The number of aryl methyl sites for hydroxylation is 1. The number of hydrogen-bond acceptors (Lipinski definition) is 3. The number of hydrogen-bond donors (Lipinski definition) is 1. The summed E-state index contributed by atoms with van der Waals surface area (Å²) >= 11 is 7.67. The summed E-state index contributed by atoms with van der Waals surface area (Å²) < 4.78 is 0. The highest BCUT2D eigenvalue weighted by Gasteiger charge is 2.27.